The Hall–Kier alpha value is -9.85. The van der Waals surface area contributed by atoms with Crippen molar-refractivity contribution in [3.05, 3.63) is 249 Å². The first kappa shape index (κ1) is 40.1. The molecule has 0 radical (unpaired) electrons. The average Bonchev–Trinajstić information content (AvgIpc) is 4.18. The van der Waals surface area contributed by atoms with Crippen molar-refractivity contribution in [2.24, 2.45) is 0 Å². The van der Waals surface area contributed by atoms with Crippen molar-refractivity contribution in [3.63, 3.8) is 0 Å². The van der Waals surface area contributed by atoms with E-state index in [1.807, 2.05) is 0 Å². The third kappa shape index (κ3) is 6.21. The fraction of sp³-hybridized carbons (Fsp3) is 0. The molecular formula is C65H41N5O2. The Kier molecular flexibility index (Phi) is 8.82. The van der Waals surface area contributed by atoms with Crippen molar-refractivity contribution in [3.8, 4) is 11.4 Å². The lowest BCUT2D eigenvalue weighted by Gasteiger charge is -2.25. The third-order valence-electron chi connectivity index (χ3n) is 14.3. The van der Waals surface area contributed by atoms with Crippen LogP contribution in [-0.2, 0) is 0 Å². The monoisotopic (exact) mass is 923 g/mol. The van der Waals surface area contributed by atoms with E-state index in [9.17, 15) is 0 Å². The lowest BCUT2D eigenvalue weighted by Crippen LogP contribution is -2.09. The summed E-state index contributed by atoms with van der Waals surface area (Å²) in [6.45, 7) is 0. The fourth-order valence-electron chi connectivity index (χ4n) is 11.1. The Balaban J connectivity index is 0.828. The number of nitrogens with zero attached hydrogens (tertiary/aromatic N) is 5. The average molecular weight is 924 g/mol. The van der Waals surface area contributed by atoms with Gasteiger partial charge in [0.05, 0.1) is 22.1 Å². The number of hydrogen-bond donors (Lipinski definition) is 0. The van der Waals surface area contributed by atoms with Gasteiger partial charge in [-0.25, -0.2) is 0 Å². The van der Waals surface area contributed by atoms with E-state index in [2.05, 4.69) is 268 Å². The Morgan fingerprint density at radius 2 is 0.625 bits per heavy atom. The van der Waals surface area contributed by atoms with Crippen LogP contribution in [0.3, 0.4) is 0 Å². The maximum atomic E-state index is 6.66. The van der Waals surface area contributed by atoms with Gasteiger partial charge in [0.2, 0.25) is 11.4 Å². The van der Waals surface area contributed by atoms with Crippen LogP contribution in [0.2, 0.25) is 0 Å². The lowest BCUT2D eigenvalue weighted by atomic mass is 10.1. The summed E-state index contributed by atoms with van der Waals surface area (Å²) in [5.41, 5.74) is 15.6. The Morgan fingerprint density at radius 3 is 1.07 bits per heavy atom. The molecular weight excluding hydrogens is 883 g/mol. The van der Waals surface area contributed by atoms with Crippen molar-refractivity contribution in [1.29, 1.82) is 0 Å². The quantitative estimate of drug-likeness (QED) is 0.152. The van der Waals surface area contributed by atoms with E-state index in [0.29, 0.717) is 11.4 Å². The highest BCUT2D eigenvalue weighted by molar-refractivity contribution is 6.15. The highest BCUT2D eigenvalue weighted by Crippen LogP contribution is 2.45. The molecule has 5 heterocycles. The van der Waals surface area contributed by atoms with E-state index < -0.39 is 0 Å². The molecule has 7 nitrogen and oxygen atoms in total. The van der Waals surface area contributed by atoms with Crippen molar-refractivity contribution in [2.75, 3.05) is 9.80 Å². The van der Waals surface area contributed by atoms with Crippen molar-refractivity contribution in [1.82, 2.24) is 14.1 Å². The second-order valence-electron chi connectivity index (χ2n) is 18.4. The molecule has 0 saturated carbocycles. The summed E-state index contributed by atoms with van der Waals surface area (Å²) in [6, 6.07) is 88.1. The fourth-order valence-corrected chi connectivity index (χ4v) is 11.1. The van der Waals surface area contributed by atoms with Crippen LogP contribution >= 0.6 is 0 Å². The molecule has 10 aromatic carbocycles. The van der Waals surface area contributed by atoms with Gasteiger partial charge in [-0.05, 0) is 127 Å². The lowest BCUT2D eigenvalue weighted by molar-refractivity contribution is 0.631. The number of furan rings is 2. The molecule has 0 aliphatic heterocycles. The van der Waals surface area contributed by atoms with E-state index in [4.69, 9.17) is 13.8 Å². The van der Waals surface area contributed by atoms with Crippen LogP contribution in [0.15, 0.2) is 258 Å². The molecule has 0 unspecified atom stereocenters. The first-order valence-corrected chi connectivity index (χ1v) is 24.3. The highest BCUT2D eigenvalue weighted by Gasteiger charge is 2.22. The maximum Gasteiger partial charge on any atom is 0.230 e. The zero-order chi connectivity index (χ0) is 47.3. The van der Waals surface area contributed by atoms with Crippen molar-refractivity contribution >= 4 is 122 Å². The molecule has 5 aromatic heterocycles. The largest absolute Gasteiger partial charge is 0.438 e. The van der Waals surface area contributed by atoms with E-state index in [-0.39, 0.29) is 0 Å². The van der Waals surface area contributed by atoms with E-state index >= 15 is 0 Å². The first-order valence-electron chi connectivity index (χ1n) is 24.3. The van der Waals surface area contributed by atoms with Crippen LogP contribution in [0.4, 0.5) is 34.1 Å². The number of hydrogen-bond acceptors (Lipinski definition) is 5. The summed E-state index contributed by atoms with van der Waals surface area (Å²) in [5, 5.41) is 8.62. The van der Waals surface area contributed by atoms with Gasteiger partial charge >= 0.3 is 0 Å². The second kappa shape index (κ2) is 15.8. The van der Waals surface area contributed by atoms with Crippen LogP contribution in [0.25, 0.3) is 99.1 Å². The number of anilines is 6. The van der Waals surface area contributed by atoms with Gasteiger partial charge in [-0.3, -0.25) is 0 Å². The van der Waals surface area contributed by atoms with E-state index in [1.54, 1.807) is 0 Å². The highest BCUT2D eigenvalue weighted by atomic mass is 16.4. The van der Waals surface area contributed by atoms with Crippen LogP contribution in [0, 0.1) is 0 Å². The van der Waals surface area contributed by atoms with Crippen LogP contribution < -0.4 is 9.80 Å². The minimum Gasteiger partial charge on any atom is -0.438 e. The van der Waals surface area contributed by atoms with Crippen LogP contribution in [-0.4, -0.2) is 14.1 Å². The second-order valence-corrected chi connectivity index (χ2v) is 18.4. The van der Waals surface area contributed by atoms with Gasteiger partial charge in [0.25, 0.3) is 0 Å². The number of para-hydroxylation sites is 6. The zero-order valence-corrected chi connectivity index (χ0v) is 38.7. The number of rotatable bonds is 8. The SMILES string of the molecule is c1ccc(N(c2ccc3c(c2)oc2nc4oc5cc(N(c6ccccc6)c6ccc7c(c6)c6ccccc6n7-c6ccccc6)ccc5c4cc23)c2ccc3c(c2)c2ccccc2n3-c2ccccc2)cc1. The van der Waals surface area contributed by atoms with Crippen molar-refractivity contribution in [2.45, 2.75) is 0 Å². The number of aromatic nitrogens is 3. The maximum absolute atomic E-state index is 6.66. The van der Waals surface area contributed by atoms with Gasteiger partial charge in [0.1, 0.15) is 11.2 Å². The smallest absolute Gasteiger partial charge is 0.230 e. The molecule has 0 bridgehead atoms. The molecule has 338 valence electrons. The normalized spacial score (nSPS) is 11.9. The zero-order valence-electron chi connectivity index (χ0n) is 38.7. The molecule has 0 fully saturated rings. The Labute approximate surface area is 412 Å². The molecule has 15 aromatic rings. The molecule has 0 atom stereocenters. The minimum absolute atomic E-state index is 0.532. The van der Waals surface area contributed by atoms with Gasteiger partial charge in [0.15, 0.2) is 0 Å². The standard InChI is InChI=1S/C65H41N5O2/c1-5-17-42(18-6-1)67(46-31-35-60-54(37-46)50-25-13-15-27-58(50)69(60)44-21-9-3-10-22-44)48-29-33-52-56-41-57-53-34-30-49(40-63(53)72-65(57)66-64(56)71-62(52)39-48)68(43-19-7-2-8-20-43)47-32-36-61-55(38-47)51-26-14-16-28-59(51)70(61)45-23-11-4-12-24-45/h1-41H. The molecule has 7 heteroatoms. The van der Waals surface area contributed by atoms with Crippen LogP contribution in [0.5, 0.6) is 0 Å². The molecule has 0 spiro atoms. The summed E-state index contributed by atoms with van der Waals surface area (Å²) in [6.07, 6.45) is 0. The topological polar surface area (TPSA) is 55.5 Å². The molecule has 0 aliphatic carbocycles. The van der Waals surface area contributed by atoms with Gasteiger partial charge in [0, 0.05) is 101 Å². The summed E-state index contributed by atoms with van der Waals surface area (Å²) in [4.78, 5) is 9.64. The van der Waals surface area contributed by atoms with Gasteiger partial charge in [-0.15, -0.1) is 0 Å². The Morgan fingerprint density at radius 1 is 0.264 bits per heavy atom. The summed E-state index contributed by atoms with van der Waals surface area (Å²) >= 11 is 0. The number of fused-ring (bicyclic) bond motifs is 12. The van der Waals surface area contributed by atoms with Gasteiger partial charge in [-0.1, -0.05) is 109 Å². The molecule has 0 N–H and O–H groups in total. The van der Waals surface area contributed by atoms with E-state index in [0.717, 1.165) is 89.2 Å². The van der Waals surface area contributed by atoms with Gasteiger partial charge in [-0.2, -0.15) is 4.98 Å². The number of pyridine rings is 1. The molecule has 72 heavy (non-hydrogen) atoms. The van der Waals surface area contributed by atoms with E-state index in [1.165, 1.54) is 32.6 Å². The minimum atomic E-state index is 0.532. The number of benzene rings is 10. The van der Waals surface area contributed by atoms with Crippen LogP contribution in [0.1, 0.15) is 0 Å². The van der Waals surface area contributed by atoms with Gasteiger partial charge < -0.3 is 27.8 Å². The van der Waals surface area contributed by atoms with Crippen molar-refractivity contribution < 1.29 is 8.83 Å². The predicted molar refractivity (Wildman–Crippen MR) is 297 cm³/mol. The summed E-state index contributed by atoms with van der Waals surface area (Å²) in [5.74, 6) is 0. The predicted octanol–water partition coefficient (Wildman–Crippen LogP) is 18.0. The third-order valence-corrected chi connectivity index (χ3v) is 14.3. The molecule has 0 aliphatic rings. The molecule has 15 rings (SSSR count). The summed E-state index contributed by atoms with van der Waals surface area (Å²) < 4.78 is 18.0. The Bertz CT molecular complexity index is 4280. The molecule has 0 amide bonds. The summed E-state index contributed by atoms with van der Waals surface area (Å²) in [7, 11) is 0. The molecule has 0 saturated heterocycles. The first-order chi connectivity index (χ1) is 35.7.